The van der Waals surface area contributed by atoms with Gasteiger partial charge in [-0.25, -0.2) is 0 Å². The second kappa shape index (κ2) is 8.55. The molecule has 4 aromatic carbocycles. The predicted octanol–water partition coefficient (Wildman–Crippen LogP) is 7.34. The second-order valence-corrected chi connectivity index (χ2v) is 7.41. The lowest BCUT2D eigenvalue weighted by Gasteiger charge is -2.16. The lowest BCUT2D eigenvalue weighted by Crippen LogP contribution is -2.04. The Morgan fingerprint density at radius 1 is 0.714 bits per heavy atom. The summed E-state index contributed by atoms with van der Waals surface area (Å²) in [6.45, 7) is 1.14. The monoisotopic (exact) mass is 407 g/mol. The number of halogens is 2. The van der Waals surface area contributed by atoms with Crippen LogP contribution in [0.3, 0.4) is 0 Å². The number of benzene rings is 4. The molecule has 0 aliphatic rings. The zero-order valence-corrected chi connectivity index (χ0v) is 16.7. The van der Waals surface area contributed by atoms with Gasteiger partial charge in [0.1, 0.15) is 12.4 Å². The first-order valence-electron chi connectivity index (χ1n) is 9.06. The number of anilines is 1. The van der Waals surface area contributed by atoms with Crippen molar-refractivity contribution >= 4 is 39.7 Å². The Balaban J connectivity index is 1.60. The summed E-state index contributed by atoms with van der Waals surface area (Å²) in [5.41, 5.74) is 3.22. The molecule has 0 aliphatic carbocycles. The summed E-state index contributed by atoms with van der Waals surface area (Å²) in [6, 6.07) is 27.9. The van der Waals surface area contributed by atoms with Crippen LogP contribution < -0.4 is 10.1 Å². The van der Waals surface area contributed by atoms with E-state index in [0.717, 1.165) is 32.6 Å². The molecule has 0 heterocycles. The third kappa shape index (κ3) is 4.41. The van der Waals surface area contributed by atoms with E-state index in [4.69, 9.17) is 27.9 Å². The molecule has 0 aromatic heterocycles. The fourth-order valence-electron chi connectivity index (χ4n) is 3.13. The van der Waals surface area contributed by atoms with Gasteiger partial charge in [-0.15, -0.1) is 0 Å². The smallest absolute Gasteiger partial charge is 0.125 e. The van der Waals surface area contributed by atoms with Crippen molar-refractivity contribution in [2.24, 2.45) is 0 Å². The summed E-state index contributed by atoms with van der Waals surface area (Å²) in [7, 11) is 0. The number of hydrogen-bond donors (Lipinski definition) is 1. The normalized spacial score (nSPS) is 10.8. The lowest BCUT2D eigenvalue weighted by atomic mass is 10.0. The van der Waals surface area contributed by atoms with Crippen LogP contribution >= 0.6 is 23.2 Å². The fourth-order valence-corrected chi connectivity index (χ4v) is 3.39. The van der Waals surface area contributed by atoms with Gasteiger partial charge < -0.3 is 10.1 Å². The Kier molecular flexibility index (Phi) is 5.70. The van der Waals surface area contributed by atoms with Gasteiger partial charge in [-0.3, -0.25) is 0 Å². The number of rotatable bonds is 6. The van der Waals surface area contributed by atoms with Crippen molar-refractivity contribution in [1.29, 1.82) is 0 Å². The summed E-state index contributed by atoms with van der Waals surface area (Å²) in [5.74, 6) is 0.870. The van der Waals surface area contributed by atoms with E-state index < -0.39 is 0 Å². The van der Waals surface area contributed by atoms with E-state index in [1.807, 2.05) is 60.7 Å². The van der Waals surface area contributed by atoms with Gasteiger partial charge in [-0.05, 0) is 58.8 Å². The van der Waals surface area contributed by atoms with E-state index in [1.54, 1.807) is 0 Å². The van der Waals surface area contributed by atoms with Gasteiger partial charge in [0.2, 0.25) is 0 Å². The molecule has 0 saturated carbocycles. The summed E-state index contributed by atoms with van der Waals surface area (Å²) in [5, 5.41) is 7.29. The van der Waals surface area contributed by atoms with Gasteiger partial charge in [0, 0.05) is 27.8 Å². The predicted molar refractivity (Wildman–Crippen MR) is 119 cm³/mol. The average molecular weight is 408 g/mol. The molecule has 2 nitrogen and oxygen atoms in total. The zero-order valence-electron chi connectivity index (χ0n) is 15.2. The highest BCUT2D eigenvalue weighted by molar-refractivity contribution is 6.30. The molecule has 1 N–H and O–H groups in total. The molecule has 4 heteroatoms. The largest absolute Gasteiger partial charge is 0.489 e. The maximum Gasteiger partial charge on any atom is 0.125 e. The van der Waals surface area contributed by atoms with Gasteiger partial charge in [0.05, 0.1) is 0 Å². The van der Waals surface area contributed by atoms with Crippen molar-refractivity contribution in [3.8, 4) is 5.75 Å². The van der Waals surface area contributed by atoms with E-state index in [-0.39, 0.29) is 0 Å². The summed E-state index contributed by atoms with van der Waals surface area (Å²) >= 11 is 12.0. The third-order valence-electron chi connectivity index (χ3n) is 4.62. The lowest BCUT2D eigenvalue weighted by molar-refractivity contribution is 0.304. The van der Waals surface area contributed by atoms with Gasteiger partial charge in [0.15, 0.2) is 0 Å². The quantitative estimate of drug-likeness (QED) is 0.360. The Morgan fingerprint density at radius 3 is 2.14 bits per heavy atom. The Bertz CT molecular complexity index is 1080. The third-order valence-corrected chi connectivity index (χ3v) is 5.12. The highest BCUT2D eigenvalue weighted by Gasteiger charge is 2.09. The van der Waals surface area contributed by atoms with E-state index in [0.29, 0.717) is 13.2 Å². The topological polar surface area (TPSA) is 21.3 Å². The highest BCUT2D eigenvalue weighted by atomic mass is 35.5. The van der Waals surface area contributed by atoms with Crippen molar-refractivity contribution < 1.29 is 4.74 Å². The molecule has 0 amide bonds. The molecular weight excluding hydrogens is 389 g/mol. The van der Waals surface area contributed by atoms with E-state index in [1.165, 1.54) is 10.8 Å². The van der Waals surface area contributed by atoms with Gasteiger partial charge in [0.25, 0.3) is 0 Å². The molecular formula is C24H19Cl2NO. The molecule has 0 spiro atoms. The van der Waals surface area contributed by atoms with Crippen LogP contribution in [0.1, 0.15) is 11.1 Å². The van der Waals surface area contributed by atoms with Crippen LogP contribution in [0.2, 0.25) is 10.0 Å². The van der Waals surface area contributed by atoms with Crippen molar-refractivity contribution in [3.05, 3.63) is 106 Å². The van der Waals surface area contributed by atoms with Gasteiger partial charge >= 0.3 is 0 Å². The highest BCUT2D eigenvalue weighted by Crippen LogP contribution is 2.30. The molecule has 0 fully saturated rings. The van der Waals surface area contributed by atoms with Crippen molar-refractivity contribution in [3.63, 3.8) is 0 Å². The van der Waals surface area contributed by atoms with Crippen molar-refractivity contribution in [2.45, 2.75) is 13.2 Å². The number of fused-ring (bicyclic) bond motifs is 1. The molecule has 0 atom stereocenters. The van der Waals surface area contributed by atoms with Crippen LogP contribution in [0.25, 0.3) is 10.8 Å². The molecule has 28 heavy (non-hydrogen) atoms. The van der Waals surface area contributed by atoms with Gasteiger partial charge in [-0.1, -0.05) is 65.7 Å². The molecule has 4 aromatic rings. The standard InChI is InChI=1S/C24H19Cl2NO/c25-19-8-5-17(6-9-19)16-28-24-14-7-18-3-1-2-4-22(18)23(24)15-27-21-12-10-20(26)11-13-21/h1-14,27H,15-16H2. The summed E-state index contributed by atoms with van der Waals surface area (Å²) in [6.07, 6.45) is 0. The zero-order chi connectivity index (χ0) is 19.3. The second-order valence-electron chi connectivity index (χ2n) is 6.54. The molecule has 0 bridgehead atoms. The van der Waals surface area contributed by atoms with Gasteiger partial charge in [-0.2, -0.15) is 0 Å². The van der Waals surface area contributed by atoms with E-state index in [9.17, 15) is 0 Å². The molecule has 140 valence electrons. The first-order valence-corrected chi connectivity index (χ1v) is 9.82. The average Bonchev–Trinajstić information content (AvgIpc) is 2.73. The fraction of sp³-hybridized carbons (Fsp3) is 0.0833. The minimum atomic E-state index is 0.490. The minimum absolute atomic E-state index is 0.490. The van der Waals surface area contributed by atoms with Crippen LogP contribution in [0.15, 0.2) is 84.9 Å². The minimum Gasteiger partial charge on any atom is -0.489 e. The molecule has 0 unspecified atom stereocenters. The maximum absolute atomic E-state index is 6.17. The summed E-state index contributed by atoms with van der Waals surface area (Å²) < 4.78 is 6.17. The number of hydrogen-bond acceptors (Lipinski definition) is 2. The van der Waals surface area contributed by atoms with Crippen LogP contribution in [-0.4, -0.2) is 0 Å². The van der Waals surface area contributed by atoms with Crippen LogP contribution in [0.5, 0.6) is 5.75 Å². The Morgan fingerprint density at radius 2 is 1.39 bits per heavy atom. The van der Waals surface area contributed by atoms with Crippen molar-refractivity contribution in [2.75, 3.05) is 5.32 Å². The van der Waals surface area contributed by atoms with Crippen LogP contribution in [0, 0.1) is 0 Å². The summed E-state index contributed by atoms with van der Waals surface area (Å²) in [4.78, 5) is 0. The molecule has 0 aliphatic heterocycles. The Hall–Kier alpha value is -2.68. The Labute approximate surface area is 174 Å². The first kappa shape index (κ1) is 18.7. The SMILES string of the molecule is Clc1ccc(COc2ccc3ccccc3c2CNc2ccc(Cl)cc2)cc1. The molecule has 0 saturated heterocycles. The number of ether oxygens (including phenoxy) is 1. The number of nitrogens with one attached hydrogen (secondary N) is 1. The van der Waals surface area contributed by atoms with Crippen LogP contribution in [0.4, 0.5) is 5.69 Å². The molecule has 4 rings (SSSR count). The van der Waals surface area contributed by atoms with E-state index >= 15 is 0 Å². The van der Waals surface area contributed by atoms with Crippen LogP contribution in [-0.2, 0) is 13.2 Å². The van der Waals surface area contributed by atoms with Crippen molar-refractivity contribution in [1.82, 2.24) is 0 Å². The maximum atomic E-state index is 6.17. The molecule has 0 radical (unpaired) electrons. The first-order chi connectivity index (χ1) is 13.7. The van der Waals surface area contributed by atoms with E-state index in [2.05, 4.69) is 29.6 Å².